The van der Waals surface area contributed by atoms with Crippen LogP contribution in [0.1, 0.15) is 11.1 Å². The fourth-order valence-corrected chi connectivity index (χ4v) is 2.52. The Kier molecular flexibility index (Phi) is 4.11. The summed E-state index contributed by atoms with van der Waals surface area (Å²) >= 11 is 0. The Morgan fingerprint density at radius 1 is 1.32 bits per heavy atom. The normalized spacial score (nSPS) is 11.5. The smallest absolute Gasteiger partial charge is 0.221 e. The Hall–Kier alpha value is -2.34. The predicted molar refractivity (Wildman–Crippen MR) is 88.9 cm³/mol. The van der Waals surface area contributed by atoms with E-state index in [1.54, 1.807) is 11.0 Å². The molecule has 3 rings (SSSR count). The maximum absolute atomic E-state index is 4.18. The third-order valence-electron chi connectivity index (χ3n) is 3.82. The van der Waals surface area contributed by atoms with E-state index in [1.165, 1.54) is 22.0 Å². The molecule has 0 aliphatic heterocycles. The van der Waals surface area contributed by atoms with Gasteiger partial charge in [0.2, 0.25) is 5.95 Å². The van der Waals surface area contributed by atoms with Gasteiger partial charge in [-0.1, -0.05) is 6.07 Å². The lowest BCUT2D eigenvalue weighted by Crippen LogP contribution is -2.14. The van der Waals surface area contributed by atoms with Crippen LogP contribution in [0.3, 0.4) is 0 Å². The van der Waals surface area contributed by atoms with Crippen molar-refractivity contribution >= 4 is 16.9 Å². The minimum Gasteiger partial charge on any atom is -0.361 e. The van der Waals surface area contributed by atoms with Gasteiger partial charge in [0.1, 0.15) is 6.33 Å². The van der Waals surface area contributed by atoms with Crippen LogP contribution in [0.25, 0.3) is 10.9 Å². The summed E-state index contributed by atoms with van der Waals surface area (Å²) in [5.41, 5.74) is 3.79. The van der Waals surface area contributed by atoms with Gasteiger partial charge in [-0.3, -0.25) is 0 Å². The molecule has 1 aromatic carbocycles. The Balaban J connectivity index is 1.76. The first-order valence-electron chi connectivity index (χ1n) is 7.45. The van der Waals surface area contributed by atoms with Crippen LogP contribution in [0.2, 0.25) is 0 Å². The molecule has 0 fully saturated rings. The number of anilines is 1. The first-order valence-corrected chi connectivity index (χ1v) is 7.45. The van der Waals surface area contributed by atoms with Crippen LogP contribution in [0.5, 0.6) is 0 Å². The van der Waals surface area contributed by atoms with E-state index < -0.39 is 0 Å². The summed E-state index contributed by atoms with van der Waals surface area (Å²) < 4.78 is 1.73. The van der Waals surface area contributed by atoms with Crippen LogP contribution in [0.4, 0.5) is 5.95 Å². The van der Waals surface area contributed by atoms with Gasteiger partial charge in [0.05, 0.1) is 0 Å². The van der Waals surface area contributed by atoms with E-state index in [0.717, 1.165) is 25.5 Å². The first kappa shape index (κ1) is 14.6. The van der Waals surface area contributed by atoms with Crippen molar-refractivity contribution in [3.05, 3.63) is 41.9 Å². The average molecular weight is 298 g/mol. The number of H-pyrrole nitrogens is 1. The second-order valence-corrected chi connectivity index (χ2v) is 5.81. The molecule has 0 aliphatic carbocycles. The Labute approximate surface area is 130 Å². The maximum atomic E-state index is 4.18. The van der Waals surface area contributed by atoms with Crippen LogP contribution in [0.15, 0.2) is 30.7 Å². The van der Waals surface area contributed by atoms with Gasteiger partial charge < -0.3 is 15.2 Å². The lowest BCUT2D eigenvalue weighted by atomic mass is 10.1. The first-order chi connectivity index (χ1) is 10.6. The van der Waals surface area contributed by atoms with E-state index in [4.69, 9.17) is 0 Å². The second kappa shape index (κ2) is 6.19. The van der Waals surface area contributed by atoms with Crippen LogP contribution in [0, 0.1) is 0 Å². The van der Waals surface area contributed by atoms with Crippen molar-refractivity contribution in [1.29, 1.82) is 0 Å². The molecular weight excluding hydrogens is 276 g/mol. The lowest BCUT2D eigenvalue weighted by molar-refractivity contribution is 0.414. The summed E-state index contributed by atoms with van der Waals surface area (Å²) in [6.45, 7) is 1.79. The number of hydrogen-bond acceptors (Lipinski definition) is 4. The van der Waals surface area contributed by atoms with Crippen molar-refractivity contribution in [1.82, 2.24) is 24.6 Å². The zero-order valence-corrected chi connectivity index (χ0v) is 13.3. The minimum absolute atomic E-state index is 0.737. The number of nitrogens with zero attached hydrogens (tertiary/aromatic N) is 4. The van der Waals surface area contributed by atoms with Gasteiger partial charge in [-0.25, -0.2) is 4.68 Å². The van der Waals surface area contributed by atoms with Gasteiger partial charge in [-0.05, 0) is 43.8 Å². The number of fused-ring (bicyclic) bond motifs is 1. The summed E-state index contributed by atoms with van der Waals surface area (Å²) in [7, 11) is 6.08. The zero-order valence-electron chi connectivity index (χ0n) is 13.3. The molecule has 6 heteroatoms. The van der Waals surface area contributed by atoms with Gasteiger partial charge in [-0.2, -0.15) is 10.1 Å². The van der Waals surface area contributed by atoms with E-state index in [2.05, 4.69) is 63.8 Å². The number of hydrogen-bond donors (Lipinski definition) is 2. The van der Waals surface area contributed by atoms with Crippen LogP contribution >= 0.6 is 0 Å². The number of aryl methyl sites for hydroxylation is 1. The van der Waals surface area contributed by atoms with E-state index in [1.807, 2.05) is 7.05 Å². The van der Waals surface area contributed by atoms with Gasteiger partial charge in [-0.15, -0.1) is 0 Å². The molecule has 0 aliphatic rings. The van der Waals surface area contributed by atoms with Gasteiger partial charge in [0.15, 0.2) is 0 Å². The van der Waals surface area contributed by atoms with Gasteiger partial charge in [0.25, 0.3) is 0 Å². The number of rotatable bonds is 6. The number of aromatic nitrogens is 4. The molecule has 116 valence electrons. The van der Waals surface area contributed by atoms with E-state index >= 15 is 0 Å². The van der Waals surface area contributed by atoms with Gasteiger partial charge >= 0.3 is 0 Å². The summed E-state index contributed by atoms with van der Waals surface area (Å²) in [6, 6.07) is 6.53. The molecule has 0 unspecified atom stereocenters. The van der Waals surface area contributed by atoms with Crippen molar-refractivity contribution in [2.45, 2.75) is 13.0 Å². The average Bonchev–Trinajstić information content (AvgIpc) is 3.08. The zero-order chi connectivity index (χ0) is 15.5. The van der Waals surface area contributed by atoms with Crippen LogP contribution in [-0.4, -0.2) is 45.3 Å². The monoisotopic (exact) mass is 298 g/mol. The highest BCUT2D eigenvalue weighted by atomic mass is 15.4. The molecule has 0 bridgehead atoms. The Morgan fingerprint density at radius 3 is 2.91 bits per heavy atom. The SMILES string of the molecule is CN(C)CCc1c[nH]c2ccc(CNc3ncnn3C)cc12. The summed E-state index contributed by atoms with van der Waals surface area (Å²) in [4.78, 5) is 9.74. The fourth-order valence-electron chi connectivity index (χ4n) is 2.52. The molecule has 2 heterocycles. The highest BCUT2D eigenvalue weighted by Gasteiger charge is 2.06. The number of benzene rings is 1. The van der Waals surface area contributed by atoms with Crippen LogP contribution < -0.4 is 5.32 Å². The van der Waals surface area contributed by atoms with Gasteiger partial charge in [0, 0.05) is 37.2 Å². The fraction of sp³-hybridized carbons (Fsp3) is 0.375. The molecule has 0 radical (unpaired) electrons. The molecule has 22 heavy (non-hydrogen) atoms. The number of likely N-dealkylation sites (N-methyl/N-ethyl adjacent to an activating group) is 1. The molecular formula is C16H22N6. The van der Waals surface area contributed by atoms with Crippen molar-refractivity contribution in [3.63, 3.8) is 0 Å². The molecule has 0 saturated heterocycles. The van der Waals surface area contributed by atoms with E-state index in [-0.39, 0.29) is 0 Å². The summed E-state index contributed by atoms with van der Waals surface area (Å²) in [6.07, 6.45) is 4.72. The highest BCUT2D eigenvalue weighted by Crippen LogP contribution is 2.21. The van der Waals surface area contributed by atoms with Crippen molar-refractivity contribution < 1.29 is 0 Å². The van der Waals surface area contributed by atoms with E-state index in [9.17, 15) is 0 Å². The van der Waals surface area contributed by atoms with Crippen molar-refractivity contribution in [2.24, 2.45) is 7.05 Å². The minimum atomic E-state index is 0.737. The second-order valence-electron chi connectivity index (χ2n) is 5.81. The molecule has 0 spiro atoms. The maximum Gasteiger partial charge on any atom is 0.221 e. The highest BCUT2D eigenvalue weighted by molar-refractivity contribution is 5.84. The van der Waals surface area contributed by atoms with Crippen LogP contribution in [-0.2, 0) is 20.0 Å². The standard InChI is InChI=1S/C16H22N6/c1-21(2)7-6-13-10-17-15-5-4-12(8-14(13)15)9-18-16-19-11-20-22(16)3/h4-5,8,10-11,17H,6-7,9H2,1-3H3,(H,18,19,20). The third kappa shape index (κ3) is 3.12. The molecule has 0 amide bonds. The summed E-state index contributed by atoms with van der Waals surface area (Å²) in [5.74, 6) is 0.780. The quantitative estimate of drug-likeness (QED) is 0.731. The van der Waals surface area contributed by atoms with Crippen molar-refractivity contribution in [2.75, 3.05) is 26.0 Å². The lowest BCUT2D eigenvalue weighted by Gasteiger charge is -2.09. The van der Waals surface area contributed by atoms with Crippen molar-refractivity contribution in [3.8, 4) is 0 Å². The molecule has 6 nitrogen and oxygen atoms in total. The number of aromatic amines is 1. The number of nitrogens with one attached hydrogen (secondary N) is 2. The molecule has 2 N–H and O–H groups in total. The molecule has 2 aromatic heterocycles. The summed E-state index contributed by atoms with van der Waals surface area (Å²) in [5, 5.41) is 8.67. The third-order valence-corrected chi connectivity index (χ3v) is 3.82. The molecule has 3 aromatic rings. The van der Waals surface area contributed by atoms with E-state index in [0.29, 0.717) is 0 Å². The Morgan fingerprint density at radius 2 is 2.18 bits per heavy atom. The topological polar surface area (TPSA) is 61.8 Å². The predicted octanol–water partition coefficient (Wildman–Crippen LogP) is 2.01. The molecule has 0 saturated carbocycles. The molecule has 0 atom stereocenters. The Bertz CT molecular complexity index is 755. The largest absolute Gasteiger partial charge is 0.361 e.